The molecule has 0 radical (unpaired) electrons. The highest BCUT2D eigenvalue weighted by Crippen LogP contribution is 2.51. The molecule has 2 saturated heterocycles. The van der Waals surface area contributed by atoms with Crippen molar-refractivity contribution in [2.24, 2.45) is 17.8 Å². The number of carbonyl (C=O) groups excluding carboxylic acids is 2. The van der Waals surface area contributed by atoms with Crippen molar-refractivity contribution in [1.82, 2.24) is 4.90 Å². The first kappa shape index (κ1) is 18.2. The minimum atomic E-state index is -1.17. The molecule has 2 fully saturated rings. The zero-order chi connectivity index (χ0) is 19.3. The summed E-state index contributed by atoms with van der Waals surface area (Å²) in [6, 6.07) is 6.69. The molecule has 8 heteroatoms. The van der Waals surface area contributed by atoms with Crippen molar-refractivity contribution in [2.75, 3.05) is 20.8 Å². The van der Waals surface area contributed by atoms with E-state index in [2.05, 4.69) is 0 Å². The first-order valence-corrected chi connectivity index (χ1v) is 9.07. The lowest BCUT2D eigenvalue weighted by atomic mass is 9.55. The molecule has 2 aliphatic heterocycles. The van der Waals surface area contributed by atoms with E-state index >= 15 is 0 Å². The number of ether oxygens (including phenoxy) is 1. The summed E-state index contributed by atoms with van der Waals surface area (Å²) in [6.07, 6.45) is 0.380. The van der Waals surface area contributed by atoms with E-state index in [1.807, 2.05) is 6.07 Å². The minimum Gasteiger partial charge on any atom is -0.508 e. The van der Waals surface area contributed by atoms with Gasteiger partial charge in [-0.3, -0.25) is 14.5 Å². The largest absolute Gasteiger partial charge is 0.508 e. The van der Waals surface area contributed by atoms with Crippen molar-refractivity contribution < 1.29 is 29.1 Å². The number of rotatable bonds is 3. The zero-order valence-electron chi connectivity index (χ0n) is 15.3. The molecule has 27 heavy (non-hydrogen) atoms. The SMILES string of the molecule is COCC1=C2B(O)O[C@H](c3cccc(O)c3)C[C@H]2[C@H]2C(=O)N(C)C(=O)[C@H]2C1. The second kappa shape index (κ2) is 6.78. The number of phenolic OH excluding ortho intramolecular Hbond substituents is 1. The first-order chi connectivity index (χ1) is 12.9. The number of likely N-dealkylation sites (tertiary alicyclic amines) is 1. The lowest BCUT2D eigenvalue weighted by Gasteiger charge is -2.42. The van der Waals surface area contributed by atoms with E-state index in [4.69, 9.17) is 9.39 Å². The van der Waals surface area contributed by atoms with Crippen molar-refractivity contribution >= 4 is 18.9 Å². The molecular formula is C19H22BNO6. The number of allylic oxidation sites excluding steroid dienone is 1. The van der Waals surface area contributed by atoms with E-state index in [-0.39, 0.29) is 30.1 Å². The van der Waals surface area contributed by atoms with Crippen LogP contribution in [0.15, 0.2) is 35.3 Å². The van der Waals surface area contributed by atoms with Crippen LogP contribution in [0, 0.1) is 17.8 Å². The number of hydrogen-bond donors (Lipinski definition) is 2. The Hall–Kier alpha value is -2.16. The third-order valence-electron chi connectivity index (χ3n) is 5.99. The van der Waals surface area contributed by atoms with E-state index in [1.54, 1.807) is 25.3 Å². The van der Waals surface area contributed by atoms with Gasteiger partial charge in [-0.2, -0.15) is 0 Å². The summed E-state index contributed by atoms with van der Waals surface area (Å²) in [5.74, 6) is -1.47. The lowest BCUT2D eigenvalue weighted by molar-refractivity contribution is -0.138. The molecule has 0 bridgehead atoms. The van der Waals surface area contributed by atoms with Crippen LogP contribution in [0.4, 0.5) is 0 Å². The highest BCUT2D eigenvalue weighted by molar-refractivity contribution is 6.53. The van der Waals surface area contributed by atoms with Gasteiger partial charge in [0.25, 0.3) is 0 Å². The van der Waals surface area contributed by atoms with Gasteiger partial charge in [0.1, 0.15) is 5.75 Å². The summed E-state index contributed by atoms with van der Waals surface area (Å²) >= 11 is 0. The fourth-order valence-corrected chi connectivity index (χ4v) is 4.82. The van der Waals surface area contributed by atoms with Crippen LogP contribution in [-0.2, 0) is 19.0 Å². The van der Waals surface area contributed by atoms with Crippen molar-refractivity contribution in [3.05, 3.63) is 40.9 Å². The normalized spacial score (nSPS) is 30.6. The quantitative estimate of drug-likeness (QED) is 0.610. The van der Waals surface area contributed by atoms with Crippen LogP contribution in [-0.4, -0.2) is 54.7 Å². The molecule has 1 aromatic rings. The van der Waals surface area contributed by atoms with Crippen LogP contribution < -0.4 is 0 Å². The predicted octanol–water partition coefficient (Wildman–Crippen LogP) is 1.07. The number of nitrogens with zero attached hydrogens (tertiary/aromatic N) is 1. The molecule has 2 amide bonds. The number of carbonyl (C=O) groups is 2. The van der Waals surface area contributed by atoms with Crippen LogP contribution in [0.2, 0.25) is 0 Å². The molecule has 0 spiro atoms. The molecule has 1 aliphatic carbocycles. The maximum Gasteiger partial charge on any atom is 0.487 e. The monoisotopic (exact) mass is 371 g/mol. The molecule has 7 nitrogen and oxygen atoms in total. The van der Waals surface area contributed by atoms with E-state index < -0.39 is 25.1 Å². The van der Waals surface area contributed by atoms with Gasteiger partial charge in [0, 0.05) is 14.2 Å². The van der Waals surface area contributed by atoms with Crippen LogP contribution in [0.1, 0.15) is 24.5 Å². The molecule has 4 atom stereocenters. The summed E-state index contributed by atoms with van der Waals surface area (Å²) in [7, 11) is 1.91. The average Bonchev–Trinajstić information content (AvgIpc) is 2.86. The number of methoxy groups -OCH3 is 1. The summed E-state index contributed by atoms with van der Waals surface area (Å²) in [5.41, 5.74) is 2.24. The number of fused-ring (bicyclic) bond motifs is 3. The standard InChI is InChI=1S/C19H22BNO6/c1-21-18(23)14-7-11(9-26-2)17-13(16(14)19(21)24)8-15(27-20(17)25)10-4-3-5-12(22)6-10/h3-6,13-16,22,25H,7-9H2,1-2H3/t13-,14-,15-,16+/m0/s1. The number of benzene rings is 1. The second-order valence-electron chi connectivity index (χ2n) is 7.48. The van der Waals surface area contributed by atoms with Crippen molar-refractivity contribution in [3.63, 3.8) is 0 Å². The van der Waals surface area contributed by atoms with Crippen molar-refractivity contribution in [2.45, 2.75) is 18.9 Å². The molecule has 0 aromatic heterocycles. The van der Waals surface area contributed by atoms with Crippen LogP contribution in [0.3, 0.4) is 0 Å². The third-order valence-corrected chi connectivity index (χ3v) is 5.99. The van der Waals surface area contributed by atoms with Crippen molar-refractivity contribution in [1.29, 1.82) is 0 Å². The summed E-state index contributed by atoms with van der Waals surface area (Å²) in [5, 5.41) is 20.5. The molecule has 0 saturated carbocycles. The Kier molecular flexibility index (Phi) is 4.57. The van der Waals surface area contributed by atoms with Gasteiger partial charge < -0.3 is 19.5 Å². The Bertz CT molecular complexity index is 824. The number of aromatic hydroxyl groups is 1. The number of phenols is 1. The number of amides is 2. The van der Waals surface area contributed by atoms with Gasteiger partial charge in [-0.05, 0) is 47.5 Å². The summed E-state index contributed by atoms with van der Waals surface area (Å²) in [4.78, 5) is 26.5. The van der Waals surface area contributed by atoms with Gasteiger partial charge in [0.05, 0.1) is 24.5 Å². The predicted molar refractivity (Wildman–Crippen MR) is 96.3 cm³/mol. The third kappa shape index (κ3) is 2.88. The number of imide groups is 1. The first-order valence-electron chi connectivity index (χ1n) is 9.07. The molecule has 1 aromatic carbocycles. The summed E-state index contributed by atoms with van der Waals surface area (Å²) < 4.78 is 11.1. The van der Waals surface area contributed by atoms with Gasteiger partial charge >= 0.3 is 7.12 Å². The lowest BCUT2D eigenvalue weighted by Crippen LogP contribution is -2.45. The molecule has 4 rings (SSSR count). The Morgan fingerprint density at radius 2 is 2.07 bits per heavy atom. The maximum absolute atomic E-state index is 12.8. The van der Waals surface area contributed by atoms with Gasteiger partial charge in [0.15, 0.2) is 0 Å². The van der Waals surface area contributed by atoms with E-state index in [1.165, 1.54) is 11.9 Å². The van der Waals surface area contributed by atoms with Gasteiger partial charge in [-0.25, -0.2) is 0 Å². The minimum absolute atomic E-state index is 0.111. The highest BCUT2D eigenvalue weighted by Gasteiger charge is 2.56. The van der Waals surface area contributed by atoms with E-state index in [9.17, 15) is 19.7 Å². The Balaban J connectivity index is 1.75. The van der Waals surface area contributed by atoms with E-state index in [0.29, 0.717) is 18.3 Å². The molecule has 142 valence electrons. The Labute approximate surface area is 157 Å². The van der Waals surface area contributed by atoms with Crippen LogP contribution >= 0.6 is 0 Å². The van der Waals surface area contributed by atoms with Gasteiger partial charge in [0.2, 0.25) is 11.8 Å². The smallest absolute Gasteiger partial charge is 0.487 e. The Morgan fingerprint density at radius 1 is 1.30 bits per heavy atom. The molecule has 2 heterocycles. The fraction of sp³-hybridized carbons (Fsp3) is 0.474. The zero-order valence-corrected chi connectivity index (χ0v) is 15.3. The Morgan fingerprint density at radius 3 is 2.78 bits per heavy atom. The van der Waals surface area contributed by atoms with E-state index in [0.717, 1.165) is 11.1 Å². The fourth-order valence-electron chi connectivity index (χ4n) is 4.82. The average molecular weight is 371 g/mol. The van der Waals surface area contributed by atoms with Gasteiger partial charge in [-0.15, -0.1) is 0 Å². The van der Waals surface area contributed by atoms with Crippen LogP contribution in [0.25, 0.3) is 0 Å². The molecule has 2 N–H and O–H groups in total. The van der Waals surface area contributed by atoms with Crippen LogP contribution in [0.5, 0.6) is 5.75 Å². The number of hydrogen-bond acceptors (Lipinski definition) is 6. The van der Waals surface area contributed by atoms with Gasteiger partial charge in [-0.1, -0.05) is 12.1 Å². The topological polar surface area (TPSA) is 96.3 Å². The molecule has 3 aliphatic rings. The maximum atomic E-state index is 12.8. The molecular weight excluding hydrogens is 349 g/mol. The molecule has 0 unspecified atom stereocenters. The highest BCUT2D eigenvalue weighted by atomic mass is 16.5. The second-order valence-corrected chi connectivity index (χ2v) is 7.48. The van der Waals surface area contributed by atoms with Crippen molar-refractivity contribution in [3.8, 4) is 5.75 Å². The summed E-state index contributed by atoms with van der Waals surface area (Å²) in [6.45, 7) is 0.289.